The monoisotopic (exact) mass is 548 g/mol. The number of hydrogen-bond acceptors (Lipinski definition) is 7. The molecule has 4 heterocycles. The fraction of sp³-hybridized carbons (Fsp3) is 0.850. The van der Waals surface area contributed by atoms with Gasteiger partial charge in [0.2, 0.25) is 0 Å². The van der Waals surface area contributed by atoms with Crippen LogP contribution in [0.25, 0.3) is 0 Å². The Morgan fingerprint density at radius 1 is 1.06 bits per heavy atom. The zero-order valence-corrected chi connectivity index (χ0v) is 21.2. The zero-order chi connectivity index (χ0) is 20.8. The molecule has 1 atom stereocenters. The summed E-state index contributed by atoms with van der Waals surface area (Å²) in [6.07, 6.45) is 1.17. The summed E-state index contributed by atoms with van der Waals surface area (Å²) in [6.45, 7) is 13.9. The average Bonchev–Trinajstić information content (AvgIpc) is 3.40. The minimum Gasteiger partial charge on any atom is -0.379 e. The first-order valence-electron chi connectivity index (χ1n) is 11.2. The van der Waals surface area contributed by atoms with Crippen LogP contribution in [-0.4, -0.2) is 120 Å². The van der Waals surface area contributed by atoms with E-state index in [-0.39, 0.29) is 24.0 Å². The van der Waals surface area contributed by atoms with Gasteiger partial charge in [-0.25, -0.2) is 4.99 Å². The molecular weight excluding hydrogens is 511 g/mol. The Morgan fingerprint density at radius 3 is 2.45 bits per heavy atom. The smallest absolute Gasteiger partial charge is 0.194 e. The van der Waals surface area contributed by atoms with Gasteiger partial charge in [-0.2, -0.15) is 0 Å². The van der Waals surface area contributed by atoms with Gasteiger partial charge >= 0.3 is 0 Å². The zero-order valence-electron chi connectivity index (χ0n) is 18.8. The van der Waals surface area contributed by atoms with Gasteiger partial charge in [-0.05, 0) is 13.3 Å². The van der Waals surface area contributed by atoms with E-state index < -0.39 is 0 Å². The number of aromatic nitrogens is 3. The van der Waals surface area contributed by atoms with Crippen LogP contribution in [0, 0.1) is 6.92 Å². The number of rotatable bonds is 6. The van der Waals surface area contributed by atoms with Crippen molar-refractivity contribution < 1.29 is 9.47 Å². The van der Waals surface area contributed by atoms with Gasteiger partial charge < -0.3 is 24.3 Å². The number of hydrogen-bond donors (Lipinski definition) is 1. The molecule has 31 heavy (non-hydrogen) atoms. The Bertz CT molecular complexity index is 703. The largest absolute Gasteiger partial charge is 0.379 e. The molecular formula is C20H37IN8O2. The highest BCUT2D eigenvalue weighted by molar-refractivity contribution is 14.0. The molecule has 4 rings (SSSR count). The van der Waals surface area contributed by atoms with E-state index >= 15 is 0 Å². The second-order valence-electron chi connectivity index (χ2n) is 8.28. The fourth-order valence-corrected chi connectivity index (χ4v) is 4.33. The van der Waals surface area contributed by atoms with Crippen LogP contribution in [0.15, 0.2) is 4.99 Å². The van der Waals surface area contributed by atoms with Gasteiger partial charge in [-0.15, -0.1) is 34.2 Å². The second kappa shape index (κ2) is 12.3. The maximum absolute atomic E-state index is 5.52. The third-order valence-electron chi connectivity index (χ3n) is 6.39. The van der Waals surface area contributed by atoms with Crippen LogP contribution in [0.5, 0.6) is 0 Å². The third-order valence-corrected chi connectivity index (χ3v) is 6.39. The van der Waals surface area contributed by atoms with Crippen molar-refractivity contribution in [2.75, 3.05) is 78.8 Å². The fourth-order valence-electron chi connectivity index (χ4n) is 4.33. The lowest BCUT2D eigenvalue weighted by atomic mass is 10.2. The Hall–Kier alpha value is -1.02. The molecule has 11 heteroatoms. The lowest BCUT2D eigenvalue weighted by Crippen LogP contribution is -2.48. The Morgan fingerprint density at radius 2 is 1.77 bits per heavy atom. The van der Waals surface area contributed by atoms with E-state index in [0.29, 0.717) is 12.6 Å². The molecule has 3 fully saturated rings. The summed E-state index contributed by atoms with van der Waals surface area (Å²) in [5, 5.41) is 12.1. The molecule has 0 amide bonds. The highest BCUT2D eigenvalue weighted by atomic mass is 127. The maximum atomic E-state index is 5.52. The number of ether oxygens (including phenoxy) is 2. The molecule has 0 aromatic carbocycles. The minimum atomic E-state index is 0. The lowest BCUT2D eigenvalue weighted by Gasteiger charge is -2.32. The van der Waals surface area contributed by atoms with Crippen LogP contribution in [-0.2, 0) is 23.1 Å². The van der Waals surface area contributed by atoms with Gasteiger partial charge in [0.25, 0.3) is 0 Å². The highest BCUT2D eigenvalue weighted by Crippen LogP contribution is 2.17. The number of halogens is 1. The van der Waals surface area contributed by atoms with E-state index in [9.17, 15) is 0 Å². The van der Waals surface area contributed by atoms with Gasteiger partial charge in [0, 0.05) is 65.4 Å². The summed E-state index contributed by atoms with van der Waals surface area (Å²) in [4.78, 5) is 12.4. The first kappa shape index (κ1) is 24.6. The average molecular weight is 548 g/mol. The third kappa shape index (κ3) is 6.73. The minimum absolute atomic E-state index is 0. The van der Waals surface area contributed by atoms with Crippen LogP contribution < -0.4 is 5.32 Å². The Balaban J connectivity index is 0.00000272. The van der Waals surface area contributed by atoms with E-state index in [2.05, 4.69) is 30.2 Å². The predicted molar refractivity (Wildman–Crippen MR) is 130 cm³/mol. The Labute approximate surface area is 202 Å². The second-order valence-corrected chi connectivity index (χ2v) is 8.28. The number of nitrogens with one attached hydrogen (secondary N) is 1. The van der Waals surface area contributed by atoms with Crippen molar-refractivity contribution in [2.24, 2.45) is 12.0 Å². The molecule has 1 aromatic heterocycles. The van der Waals surface area contributed by atoms with Crippen molar-refractivity contribution >= 4 is 29.9 Å². The summed E-state index contributed by atoms with van der Waals surface area (Å²) >= 11 is 0. The van der Waals surface area contributed by atoms with Gasteiger partial charge in [0.15, 0.2) is 11.8 Å². The molecule has 10 nitrogen and oxygen atoms in total. The van der Waals surface area contributed by atoms with Crippen molar-refractivity contribution in [3.8, 4) is 0 Å². The number of guanidine groups is 1. The van der Waals surface area contributed by atoms with E-state index in [1.807, 2.05) is 18.5 Å². The van der Waals surface area contributed by atoms with E-state index in [1.54, 1.807) is 0 Å². The normalized spacial score (nSPS) is 23.7. The van der Waals surface area contributed by atoms with E-state index in [4.69, 9.17) is 14.5 Å². The summed E-state index contributed by atoms with van der Waals surface area (Å²) in [6, 6.07) is 0.581. The van der Waals surface area contributed by atoms with Crippen molar-refractivity contribution in [3.05, 3.63) is 11.6 Å². The topological polar surface area (TPSA) is 83.3 Å². The van der Waals surface area contributed by atoms with E-state index in [0.717, 1.165) is 96.4 Å². The van der Waals surface area contributed by atoms with Crippen molar-refractivity contribution in [1.82, 2.24) is 34.8 Å². The van der Waals surface area contributed by atoms with Crippen LogP contribution in [0.2, 0.25) is 0 Å². The molecule has 176 valence electrons. The van der Waals surface area contributed by atoms with Crippen molar-refractivity contribution in [2.45, 2.75) is 25.9 Å². The molecule has 1 unspecified atom stereocenters. The standard InChI is InChI=1S/C20H36N8O2.HI/c1-17-23-24-19(25(17)2)15-22-20(21-4-6-26-7-11-29-12-8-26)28-5-3-18(16-28)27-9-13-30-14-10-27;/h18H,3-16H2,1-2H3,(H,21,22);1H. The summed E-state index contributed by atoms with van der Waals surface area (Å²) in [5.41, 5.74) is 0. The molecule has 0 bridgehead atoms. The maximum Gasteiger partial charge on any atom is 0.194 e. The molecule has 1 N–H and O–H groups in total. The van der Waals surface area contributed by atoms with Crippen LogP contribution in [0.3, 0.4) is 0 Å². The molecule has 3 saturated heterocycles. The van der Waals surface area contributed by atoms with Crippen LogP contribution in [0.4, 0.5) is 0 Å². The van der Waals surface area contributed by atoms with Crippen molar-refractivity contribution in [3.63, 3.8) is 0 Å². The van der Waals surface area contributed by atoms with Crippen LogP contribution >= 0.6 is 24.0 Å². The lowest BCUT2D eigenvalue weighted by molar-refractivity contribution is 0.0194. The quantitative estimate of drug-likeness (QED) is 0.301. The van der Waals surface area contributed by atoms with Gasteiger partial charge in [-0.1, -0.05) is 0 Å². The number of morpholine rings is 2. The predicted octanol–water partition coefficient (Wildman–Crippen LogP) is -0.0742. The SMILES string of the molecule is Cc1nnc(CN=C(NCCN2CCOCC2)N2CCC(N3CCOCC3)C2)n1C.I. The number of aliphatic imine (C=N–C) groups is 1. The number of nitrogens with zero attached hydrogens (tertiary/aromatic N) is 7. The number of likely N-dealkylation sites (tertiary alicyclic amines) is 1. The number of aryl methyl sites for hydroxylation is 1. The summed E-state index contributed by atoms with van der Waals surface area (Å²) < 4.78 is 13.0. The molecule has 3 aliphatic rings. The molecule has 1 aromatic rings. The summed E-state index contributed by atoms with van der Waals surface area (Å²) in [7, 11) is 2.00. The van der Waals surface area contributed by atoms with Gasteiger partial charge in [-0.3, -0.25) is 9.80 Å². The highest BCUT2D eigenvalue weighted by Gasteiger charge is 2.30. The molecule has 0 spiro atoms. The first-order chi connectivity index (χ1) is 14.7. The van der Waals surface area contributed by atoms with E-state index in [1.165, 1.54) is 6.42 Å². The van der Waals surface area contributed by atoms with Gasteiger partial charge in [0.05, 0.1) is 26.4 Å². The van der Waals surface area contributed by atoms with Gasteiger partial charge in [0.1, 0.15) is 12.4 Å². The van der Waals surface area contributed by atoms with Crippen molar-refractivity contribution in [1.29, 1.82) is 0 Å². The molecule has 0 aliphatic carbocycles. The molecule has 0 saturated carbocycles. The molecule has 0 radical (unpaired) electrons. The summed E-state index contributed by atoms with van der Waals surface area (Å²) in [5.74, 6) is 2.79. The Kier molecular flexibility index (Phi) is 9.75. The first-order valence-corrected chi connectivity index (χ1v) is 11.2. The van der Waals surface area contributed by atoms with Crippen LogP contribution in [0.1, 0.15) is 18.1 Å². The molecule has 3 aliphatic heterocycles.